The largest absolute Gasteiger partial charge is 0.318 e. The average Bonchev–Trinajstić information content (AvgIpc) is 2.68. The third kappa shape index (κ3) is 1.54. The molecule has 2 N–H and O–H groups in total. The Morgan fingerprint density at radius 3 is 2.76 bits per heavy atom. The SMILES string of the molecule is Cc1ccccc1N1CN(N)c2ccncc21. The quantitative estimate of drug-likeness (QED) is 0.757. The lowest BCUT2D eigenvalue weighted by Gasteiger charge is -2.20. The van der Waals surface area contributed by atoms with Crippen LogP contribution in [0.4, 0.5) is 17.1 Å². The minimum absolute atomic E-state index is 0.659. The molecular formula is C13H14N4. The van der Waals surface area contributed by atoms with Gasteiger partial charge in [-0.2, -0.15) is 0 Å². The second-order valence-corrected chi connectivity index (χ2v) is 4.19. The lowest BCUT2D eigenvalue weighted by Crippen LogP contribution is -2.33. The number of hydrogen-bond donors (Lipinski definition) is 1. The summed E-state index contributed by atoms with van der Waals surface area (Å²) in [7, 11) is 0. The van der Waals surface area contributed by atoms with Gasteiger partial charge < -0.3 is 4.90 Å². The van der Waals surface area contributed by atoms with Crippen LogP contribution in [0.3, 0.4) is 0 Å². The highest BCUT2D eigenvalue weighted by Gasteiger charge is 2.25. The number of pyridine rings is 1. The fraction of sp³-hybridized carbons (Fsp3) is 0.154. The molecule has 0 amide bonds. The predicted octanol–water partition coefficient (Wildman–Crippen LogP) is 2.18. The highest BCUT2D eigenvalue weighted by Crippen LogP contribution is 2.38. The molecule has 4 heteroatoms. The van der Waals surface area contributed by atoms with E-state index in [1.165, 1.54) is 11.3 Å². The van der Waals surface area contributed by atoms with E-state index in [4.69, 9.17) is 5.84 Å². The topological polar surface area (TPSA) is 45.4 Å². The number of benzene rings is 1. The summed E-state index contributed by atoms with van der Waals surface area (Å²) in [5.74, 6) is 5.99. The molecule has 86 valence electrons. The van der Waals surface area contributed by atoms with Crippen LogP contribution in [0.1, 0.15) is 5.56 Å². The first-order valence-electron chi connectivity index (χ1n) is 5.57. The molecule has 3 rings (SSSR count). The van der Waals surface area contributed by atoms with Gasteiger partial charge in [0.05, 0.1) is 17.6 Å². The van der Waals surface area contributed by atoms with Crippen molar-refractivity contribution in [3.63, 3.8) is 0 Å². The van der Waals surface area contributed by atoms with E-state index in [2.05, 4.69) is 28.9 Å². The fourth-order valence-corrected chi connectivity index (χ4v) is 2.21. The Morgan fingerprint density at radius 2 is 1.94 bits per heavy atom. The van der Waals surface area contributed by atoms with Gasteiger partial charge in [0.25, 0.3) is 0 Å². The standard InChI is InChI=1S/C13H14N4/c1-10-4-2-3-5-11(10)16-9-17(14)12-6-7-15-8-13(12)16/h2-8H,9,14H2,1H3. The van der Waals surface area contributed by atoms with Gasteiger partial charge in [0.1, 0.15) is 6.67 Å². The lowest BCUT2D eigenvalue weighted by molar-refractivity contribution is 0.885. The molecule has 0 spiro atoms. The molecular weight excluding hydrogens is 212 g/mol. The summed E-state index contributed by atoms with van der Waals surface area (Å²) < 4.78 is 0. The smallest absolute Gasteiger partial charge is 0.110 e. The number of hydrazine groups is 1. The minimum Gasteiger partial charge on any atom is -0.318 e. The van der Waals surface area contributed by atoms with Gasteiger partial charge in [0, 0.05) is 11.9 Å². The molecule has 0 fully saturated rings. The molecule has 1 aliphatic rings. The van der Waals surface area contributed by atoms with Gasteiger partial charge in [-0.15, -0.1) is 0 Å². The van der Waals surface area contributed by atoms with E-state index in [1.54, 1.807) is 11.2 Å². The van der Waals surface area contributed by atoms with Gasteiger partial charge in [0.2, 0.25) is 0 Å². The average molecular weight is 226 g/mol. The van der Waals surface area contributed by atoms with Gasteiger partial charge in [-0.3, -0.25) is 9.99 Å². The number of aryl methyl sites for hydroxylation is 1. The predicted molar refractivity (Wildman–Crippen MR) is 69.1 cm³/mol. The monoisotopic (exact) mass is 226 g/mol. The Hall–Kier alpha value is -2.07. The molecule has 1 aliphatic heterocycles. The van der Waals surface area contributed by atoms with Gasteiger partial charge in [0.15, 0.2) is 0 Å². The van der Waals surface area contributed by atoms with Crippen LogP contribution >= 0.6 is 0 Å². The maximum atomic E-state index is 5.99. The van der Waals surface area contributed by atoms with E-state index in [1.807, 2.05) is 24.4 Å². The number of fused-ring (bicyclic) bond motifs is 1. The third-order valence-corrected chi connectivity index (χ3v) is 3.08. The van der Waals surface area contributed by atoms with Crippen molar-refractivity contribution in [2.24, 2.45) is 5.84 Å². The van der Waals surface area contributed by atoms with Crippen molar-refractivity contribution in [2.45, 2.75) is 6.92 Å². The van der Waals surface area contributed by atoms with Crippen LogP contribution in [0.5, 0.6) is 0 Å². The van der Waals surface area contributed by atoms with E-state index >= 15 is 0 Å². The number of nitrogens with zero attached hydrogens (tertiary/aromatic N) is 3. The van der Waals surface area contributed by atoms with Crippen LogP contribution in [-0.4, -0.2) is 11.7 Å². The Bertz CT molecular complexity index is 553. The molecule has 17 heavy (non-hydrogen) atoms. The summed E-state index contributed by atoms with van der Waals surface area (Å²) >= 11 is 0. The minimum atomic E-state index is 0.659. The molecule has 0 atom stereocenters. The molecule has 0 unspecified atom stereocenters. The van der Waals surface area contributed by atoms with Gasteiger partial charge >= 0.3 is 0 Å². The number of para-hydroxylation sites is 1. The maximum Gasteiger partial charge on any atom is 0.110 e. The van der Waals surface area contributed by atoms with Crippen molar-refractivity contribution >= 4 is 17.1 Å². The first kappa shape index (κ1) is 10.1. The zero-order valence-corrected chi connectivity index (χ0v) is 9.67. The number of hydrogen-bond acceptors (Lipinski definition) is 4. The number of anilines is 3. The molecule has 1 aromatic heterocycles. The van der Waals surface area contributed by atoms with Gasteiger partial charge in [-0.05, 0) is 24.6 Å². The number of aromatic nitrogens is 1. The van der Waals surface area contributed by atoms with Crippen molar-refractivity contribution in [1.29, 1.82) is 0 Å². The van der Waals surface area contributed by atoms with E-state index < -0.39 is 0 Å². The first-order chi connectivity index (χ1) is 8.27. The number of nitrogens with two attached hydrogens (primary N) is 1. The lowest BCUT2D eigenvalue weighted by atomic mass is 10.2. The number of rotatable bonds is 1. The van der Waals surface area contributed by atoms with Crippen molar-refractivity contribution < 1.29 is 0 Å². The van der Waals surface area contributed by atoms with Crippen LogP contribution in [0, 0.1) is 6.92 Å². The van der Waals surface area contributed by atoms with E-state index in [0.717, 1.165) is 11.4 Å². The van der Waals surface area contributed by atoms with E-state index in [0.29, 0.717) is 6.67 Å². The second kappa shape index (κ2) is 3.75. The van der Waals surface area contributed by atoms with Gasteiger partial charge in [-0.25, -0.2) is 5.84 Å². The van der Waals surface area contributed by atoms with Crippen molar-refractivity contribution in [1.82, 2.24) is 4.98 Å². The Kier molecular flexibility index (Phi) is 2.23. The molecule has 0 aliphatic carbocycles. The van der Waals surface area contributed by atoms with E-state index in [-0.39, 0.29) is 0 Å². The first-order valence-corrected chi connectivity index (χ1v) is 5.57. The fourth-order valence-electron chi connectivity index (χ4n) is 2.21. The summed E-state index contributed by atoms with van der Waals surface area (Å²) in [4.78, 5) is 6.35. The van der Waals surface area contributed by atoms with Crippen LogP contribution in [0.2, 0.25) is 0 Å². The molecule has 1 aromatic carbocycles. The van der Waals surface area contributed by atoms with Crippen LogP contribution in [0.25, 0.3) is 0 Å². The maximum absolute atomic E-state index is 5.99. The molecule has 0 saturated carbocycles. The van der Waals surface area contributed by atoms with Gasteiger partial charge in [-0.1, -0.05) is 18.2 Å². The summed E-state index contributed by atoms with van der Waals surface area (Å²) in [6, 6.07) is 10.2. The summed E-state index contributed by atoms with van der Waals surface area (Å²) in [5, 5.41) is 1.74. The molecule has 0 saturated heterocycles. The normalized spacial score (nSPS) is 14.0. The zero-order valence-electron chi connectivity index (χ0n) is 9.67. The summed E-state index contributed by atoms with van der Waals surface area (Å²) in [6.07, 6.45) is 3.62. The van der Waals surface area contributed by atoms with Crippen molar-refractivity contribution in [3.05, 3.63) is 48.3 Å². The third-order valence-electron chi connectivity index (χ3n) is 3.08. The molecule has 4 nitrogen and oxygen atoms in total. The summed E-state index contributed by atoms with van der Waals surface area (Å²) in [5.41, 5.74) is 4.49. The Morgan fingerprint density at radius 1 is 1.12 bits per heavy atom. The molecule has 0 radical (unpaired) electrons. The summed E-state index contributed by atoms with van der Waals surface area (Å²) in [6.45, 7) is 2.76. The highest BCUT2D eigenvalue weighted by atomic mass is 15.5. The molecule has 0 bridgehead atoms. The molecule has 2 aromatic rings. The second-order valence-electron chi connectivity index (χ2n) is 4.19. The zero-order chi connectivity index (χ0) is 11.8. The highest BCUT2D eigenvalue weighted by molar-refractivity contribution is 5.81. The van der Waals surface area contributed by atoms with Crippen LogP contribution < -0.4 is 15.8 Å². The van der Waals surface area contributed by atoms with E-state index in [9.17, 15) is 0 Å². The molecule has 2 heterocycles. The Balaban J connectivity index is 2.11. The van der Waals surface area contributed by atoms with Crippen molar-refractivity contribution in [3.8, 4) is 0 Å². The van der Waals surface area contributed by atoms with Crippen LogP contribution in [-0.2, 0) is 0 Å². The van der Waals surface area contributed by atoms with Crippen molar-refractivity contribution in [2.75, 3.05) is 16.6 Å². The Labute approximate surface area is 100 Å². The van der Waals surface area contributed by atoms with Crippen LogP contribution in [0.15, 0.2) is 42.7 Å².